The summed E-state index contributed by atoms with van der Waals surface area (Å²) in [6.45, 7) is 4.15. The van der Waals surface area contributed by atoms with E-state index in [2.05, 4.69) is 20.4 Å². The number of Topliss-reactive ketones (excluding diaryl/α,β-unsaturated/α-hetero) is 1. The summed E-state index contributed by atoms with van der Waals surface area (Å²) in [4.78, 5) is 38.1. The monoisotopic (exact) mass is 504 g/mol. The van der Waals surface area contributed by atoms with Gasteiger partial charge in [0, 0.05) is 19.4 Å². The highest BCUT2D eigenvalue weighted by molar-refractivity contribution is 6.30. The lowest BCUT2D eigenvalue weighted by molar-refractivity contribution is -0.172. The van der Waals surface area contributed by atoms with Crippen LogP contribution in [0, 0.1) is 12.7 Å². The second kappa shape index (κ2) is 11.2. The molecule has 0 radical (unpaired) electrons. The zero-order valence-electron chi connectivity index (χ0n) is 19.4. The van der Waals surface area contributed by atoms with Gasteiger partial charge in [-0.05, 0) is 44.0 Å². The molecule has 1 aromatic heterocycles. The number of oxime groups is 1. The van der Waals surface area contributed by atoms with Crippen molar-refractivity contribution in [3.8, 4) is 0 Å². The first-order chi connectivity index (χ1) is 16.8. The van der Waals surface area contributed by atoms with Gasteiger partial charge in [-0.3, -0.25) is 4.79 Å². The standard InChI is InChI=1S/C24H26ClFN4O5/c1-13(31)3-5-16-11-34-23(12-33-16)22-9-20(30-35-22)19-8-21(29-14(2)28-19)24(32)27-10-15-4-6-18(26)17(25)7-15/h4,6-8,16,22-23H,3,5,9-12H2,1-2H3,(H,27,32)/t16-,22+,23-/m1/s1. The van der Waals surface area contributed by atoms with Gasteiger partial charge in [-0.1, -0.05) is 22.8 Å². The quantitative estimate of drug-likeness (QED) is 0.587. The van der Waals surface area contributed by atoms with Crippen LogP contribution in [0.2, 0.25) is 5.02 Å². The lowest BCUT2D eigenvalue weighted by Crippen LogP contribution is -2.42. The fraction of sp³-hybridized carbons (Fsp3) is 0.458. The Labute approximate surface area is 207 Å². The summed E-state index contributed by atoms with van der Waals surface area (Å²) in [7, 11) is 0. The van der Waals surface area contributed by atoms with Crippen LogP contribution in [0.1, 0.15) is 53.8 Å². The summed E-state index contributed by atoms with van der Waals surface area (Å²) < 4.78 is 25.1. The van der Waals surface area contributed by atoms with E-state index >= 15 is 0 Å². The molecule has 1 amide bonds. The maximum atomic E-state index is 13.3. The third-order valence-electron chi connectivity index (χ3n) is 5.72. The van der Waals surface area contributed by atoms with Gasteiger partial charge in [0.05, 0.1) is 30.0 Å². The highest BCUT2D eigenvalue weighted by Gasteiger charge is 2.35. The van der Waals surface area contributed by atoms with Crippen molar-refractivity contribution in [3.63, 3.8) is 0 Å². The minimum atomic E-state index is -0.520. The minimum Gasteiger partial charge on any atom is -0.389 e. The number of carbonyl (C=O) groups excluding carboxylic acids is 2. The molecular weight excluding hydrogens is 479 g/mol. The average molecular weight is 505 g/mol. The van der Waals surface area contributed by atoms with Gasteiger partial charge in [0.2, 0.25) is 0 Å². The van der Waals surface area contributed by atoms with Crippen molar-refractivity contribution in [1.29, 1.82) is 0 Å². The third kappa shape index (κ3) is 6.59. The molecule has 2 aliphatic rings. The maximum absolute atomic E-state index is 13.3. The SMILES string of the molecule is CC(=O)CC[C@@H]1CO[C@@H]([C@@H]2CC(c3cc(C(=O)NCc4ccc(F)c(Cl)c4)nc(C)n3)=NO2)CO1. The number of aromatic nitrogens is 2. The van der Waals surface area contributed by atoms with Crippen LogP contribution in [0.4, 0.5) is 4.39 Å². The molecule has 3 heterocycles. The fourth-order valence-electron chi connectivity index (χ4n) is 3.81. The molecule has 1 fully saturated rings. The van der Waals surface area contributed by atoms with Gasteiger partial charge < -0.3 is 24.4 Å². The highest BCUT2D eigenvalue weighted by atomic mass is 35.5. The number of amides is 1. The normalized spacial score (nSPS) is 21.8. The number of hydrogen-bond acceptors (Lipinski definition) is 8. The van der Waals surface area contributed by atoms with Crippen molar-refractivity contribution < 1.29 is 28.3 Å². The summed E-state index contributed by atoms with van der Waals surface area (Å²) in [5.74, 6) is -0.391. The second-order valence-electron chi connectivity index (χ2n) is 8.57. The molecule has 2 aromatic rings. The first-order valence-corrected chi connectivity index (χ1v) is 11.7. The molecule has 1 saturated heterocycles. The summed E-state index contributed by atoms with van der Waals surface area (Å²) in [5, 5.41) is 6.90. The molecule has 0 saturated carbocycles. The van der Waals surface area contributed by atoms with E-state index in [0.29, 0.717) is 55.3 Å². The number of carbonyl (C=O) groups is 2. The number of ether oxygens (including phenoxy) is 2. The highest BCUT2D eigenvalue weighted by Crippen LogP contribution is 2.24. The van der Waals surface area contributed by atoms with Crippen LogP contribution < -0.4 is 5.32 Å². The lowest BCUT2D eigenvalue weighted by Gasteiger charge is -2.31. The Hall–Kier alpha value is -2.95. The molecule has 11 heteroatoms. The Morgan fingerprint density at radius 1 is 1.17 bits per heavy atom. The molecule has 186 valence electrons. The van der Waals surface area contributed by atoms with E-state index in [9.17, 15) is 14.0 Å². The van der Waals surface area contributed by atoms with Crippen LogP contribution >= 0.6 is 11.6 Å². The number of nitrogens with zero attached hydrogens (tertiary/aromatic N) is 3. The number of rotatable bonds is 8. The summed E-state index contributed by atoms with van der Waals surface area (Å²) in [6, 6.07) is 5.81. The van der Waals surface area contributed by atoms with Crippen molar-refractivity contribution in [2.75, 3.05) is 13.2 Å². The van der Waals surface area contributed by atoms with E-state index in [1.165, 1.54) is 12.1 Å². The number of hydrogen-bond donors (Lipinski definition) is 1. The molecule has 0 spiro atoms. The Balaban J connectivity index is 1.33. The molecule has 0 aliphatic carbocycles. The molecule has 1 N–H and O–H groups in total. The number of nitrogens with one attached hydrogen (secondary N) is 1. The maximum Gasteiger partial charge on any atom is 0.270 e. The summed E-state index contributed by atoms with van der Waals surface area (Å²) in [6.07, 6.45) is 0.805. The molecule has 1 aromatic carbocycles. The van der Waals surface area contributed by atoms with Crippen molar-refractivity contribution >= 4 is 29.0 Å². The molecule has 3 atom stereocenters. The van der Waals surface area contributed by atoms with Crippen LogP contribution in [0.3, 0.4) is 0 Å². The molecule has 4 rings (SSSR count). The van der Waals surface area contributed by atoms with Crippen LogP contribution in [0.25, 0.3) is 0 Å². The van der Waals surface area contributed by atoms with Gasteiger partial charge in [-0.2, -0.15) is 0 Å². The van der Waals surface area contributed by atoms with Gasteiger partial charge in [-0.15, -0.1) is 0 Å². The fourth-order valence-corrected chi connectivity index (χ4v) is 4.01. The molecule has 0 unspecified atom stereocenters. The van der Waals surface area contributed by atoms with E-state index in [4.69, 9.17) is 25.9 Å². The van der Waals surface area contributed by atoms with Gasteiger partial charge >= 0.3 is 0 Å². The molecule has 9 nitrogen and oxygen atoms in total. The lowest BCUT2D eigenvalue weighted by atomic mass is 10.0. The average Bonchev–Trinajstić information content (AvgIpc) is 3.33. The van der Waals surface area contributed by atoms with Crippen LogP contribution in [-0.4, -0.2) is 58.9 Å². The Kier molecular flexibility index (Phi) is 8.04. The number of ketones is 1. The smallest absolute Gasteiger partial charge is 0.270 e. The zero-order valence-corrected chi connectivity index (χ0v) is 20.2. The van der Waals surface area contributed by atoms with Crippen molar-refractivity contribution in [3.05, 3.63) is 57.9 Å². The molecule has 35 heavy (non-hydrogen) atoms. The zero-order chi connectivity index (χ0) is 24.9. The third-order valence-corrected chi connectivity index (χ3v) is 6.01. The van der Waals surface area contributed by atoms with E-state index in [-0.39, 0.29) is 41.4 Å². The first-order valence-electron chi connectivity index (χ1n) is 11.3. The Morgan fingerprint density at radius 2 is 2.00 bits per heavy atom. The Morgan fingerprint density at radius 3 is 2.71 bits per heavy atom. The van der Waals surface area contributed by atoms with Gasteiger partial charge in [0.1, 0.15) is 34.9 Å². The number of aryl methyl sites for hydroxylation is 1. The summed E-state index contributed by atoms with van der Waals surface area (Å²) >= 11 is 5.80. The predicted octanol–water partition coefficient (Wildman–Crippen LogP) is 3.15. The van der Waals surface area contributed by atoms with E-state index in [0.717, 1.165) is 0 Å². The van der Waals surface area contributed by atoms with Gasteiger partial charge in [0.15, 0.2) is 6.10 Å². The van der Waals surface area contributed by atoms with Crippen molar-refractivity contribution in [2.24, 2.45) is 5.16 Å². The van der Waals surface area contributed by atoms with E-state index in [1.807, 2.05) is 0 Å². The largest absolute Gasteiger partial charge is 0.389 e. The molecule has 0 bridgehead atoms. The second-order valence-corrected chi connectivity index (χ2v) is 8.98. The molecule has 2 aliphatic heterocycles. The first kappa shape index (κ1) is 25.2. The van der Waals surface area contributed by atoms with Crippen LogP contribution in [0.15, 0.2) is 29.4 Å². The topological polar surface area (TPSA) is 112 Å². The Bertz CT molecular complexity index is 1140. The van der Waals surface area contributed by atoms with Crippen molar-refractivity contribution in [2.45, 2.75) is 58.0 Å². The predicted molar refractivity (Wildman–Crippen MR) is 125 cm³/mol. The van der Waals surface area contributed by atoms with Crippen molar-refractivity contribution in [1.82, 2.24) is 15.3 Å². The van der Waals surface area contributed by atoms with Gasteiger partial charge in [-0.25, -0.2) is 14.4 Å². The minimum absolute atomic E-state index is 0.00959. The van der Waals surface area contributed by atoms with Crippen LogP contribution in [-0.2, 0) is 25.7 Å². The number of halogens is 2. The van der Waals surface area contributed by atoms with Gasteiger partial charge in [0.25, 0.3) is 5.91 Å². The van der Waals surface area contributed by atoms with Crippen LogP contribution in [0.5, 0.6) is 0 Å². The summed E-state index contributed by atoms with van der Waals surface area (Å²) in [5.41, 5.74) is 1.91. The van der Waals surface area contributed by atoms with E-state index in [1.54, 1.807) is 26.0 Å². The number of benzene rings is 1. The molecular formula is C24H26ClFN4O5. The van der Waals surface area contributed by atoms with E-state index < -0.39 is 11.7 Å².